The van der Waals surface area contributed by atoms with E-state index in [0.717, 1.165) is 77.0 Å². The molecule has 5 nitrogen and oxygen atoms in total. The van der Waals surface area contributed by atoms with E-state index in [9.17, 15) is 9.59 Å². The summed E-state index contributed by atoms with van der Waals surface area (Å²) in [6.07, 6.45) is 69.6. The molecule has 0 aliphatic rings. The van der Waals surface area contributed by atoms with Crippen LogP contribution in [-0.4, -0.2) is 37.9 Å². The van der Waals surface area contributed by atoms with Crippen molar-refractivity contribution >= 4 is 11.9 Å². The molecule has 0 aliphatic heterocycles. The zero-order chi connectivity index (χ0) is 46.3. The molecular formula is C59H106O5. The van der Waals surface area contributed by atoms with Gasteiger partial charge in [-0.3, -0.25) is 9.59 Å². The first-order valence-corrected chi connectivity index (χ1v) is 27.8. The van der Waals surface area contributed by atoms with Crippen molar-refractivity contribution in [1.29, 1.82) is 0 Å². The van der Waals surface area contributed by atoms with Gasteiger partial charge in [0.1, 0.15) is 6.61 Å². The zero-order valence-corrected chi connectivity index (χ0v) is 42.8. The van der Waals surface area contributed by atoms with Crippen LogP contribution in [0.3, 0.4) is 0 Å². The van der Waals surface area contributed by atoms with Crippen LogP contribution < -0.4 is 0 Å². The van der Waals surface area contributed by atoms with Crippen molar-refractivity contribution < 1.29 is 23.8 Å². The van der Waals surface area contributed by atoms with E-state index in [4.69, 9.17) is 14.2 Å². The number of allylic oxidation sites excluding steroid dienone is 10. The van der Waals surface area contributed by atoms with E-state index in [-0.39, 0.29) is 25.2 Å². The molecule has 1 atom stereocenters. The van der Waals surface area contributed by atoms with Crippen molar-refractivity contribution in [3.63, 3.8) is 0 Å². The van der Waals surface area contributed by atoms with E-state index in [0.29, 0.717) is 19.4 Å². The highest BCUT2D eigenvalue weighted by Gasteiger charge is 2.17. The fraction of sp³-hybridized carbons (Fsp3) is 0.797. The summed E-state index contributed by atoms with van der Waals surface area (Å²) in [5.41, 5.74) is 0. The minimum Gasteiger partial charge on any atom is -0.462 e. The lowest BCUT2D eigenvalue weighted by molar-refractivity contribution is -0.163. The van der Waals surface area contributed by atoms with Gasteiger partial charge in [-0.05, 0) is 64.2 Å². The van der Waals surface area contributed by atoms with Crippen molar-refractivity contribution in [2.45, 2.75) is 284 Å². The number of esters is 2. The van der Waals surface area contributed by atoms with Gasteiger partial charge in [-0.15, -0.1) is 0 Å². The van der Waals surface area contributed by atoms with Crippen molar-refractivity contribution in [3.05, 3.63) is 60.8 Å². The zero-order valence-electron chi connectivity index (χ0n) is 42.8. The third-order valence-electron chi connectivity index (χ3n) is 12.1. The Labute approximate surface area is 398 Å². The van der Waals surface area contributed by atoms with Gasteiger partial charge in [0.05, 0.1) is 6.61 Å². The Kier molecular flexibility index (Phi) is 52.9. The minimum absolute atomic E-state index is 0.0714. The first-order chi connectivity index (χ1) is 31.6. The number of rotatable bonds is 51. The molecule has 0 fully saturated rings. The summed E-state index contributed by atoms with van der Waals surface area (Å²) < 4.78 is 17.4. The Morgan fingerprint density at radius 2 is 0.703 bits per heavy atom. The van der Waals surface area contributed by atoms with Crippen LogP contribution in [0, 0.1) is 0 Å². The number of hydrogen-bond acceptors (Lipinski definition) is 5. The van der Waals surface area contributed by atoms with Crippen LogP contribution in [-0.2, 0) is 23.8 Å². The quantitative estimate of drug-likeness (QED) is 0.0346. The van der Waals surface area contributed by atoms with Gasteiger partial charge >= 0.3 is 11.9 Å². The van der Waals surface area contributed by atoms with Gasteiger partial charge in [0.15, 0.2) is 6.10 Å². The summed E-state index contributed by atoms with van der Waals surface area (Å²) in [4.78, 5) is 25.4. The normalized spacial score (nSPS) is 12.6. The predicted octanol–water partition coefficient (Wildman–Crippen LogP) is 18.9. The maximum Gasteiger partial charge on any atom is 0.306 e. The lowest BCUT2D eigenvalue weighted by Crippen LogP contribution is -2.30. The van der Waals surface area contributed by atoms with Crippen molar-refractivity contribution in [2.24, 2.45) is 0 Å². The monoisotopic (exact) mass is 895 g/mol. The van der Waals surface area contributed by atoms with Crippen molar-refractivity contribution in [2.75, 3.05) is 19.8 Å². The number of carbonyl (C=O) groups is 2. The summed E-state index contributed by atoms with van der Waals surface area (Å²) in [6, 6.07) is 0. The highest BCUT2D eigenvalue weighted by atomic mass is 16.6. The Bertz CT molecular complexity index is 1100. The molecule has 372 valence electrons. The summed E-state index contributed by atoms with van der Waals surface area (Å²) in [6.45, 7) is 7.65. The van der Waals surface area contributed by atoms with Gasteiger partial charge in [0.2, 0.25) is 0 Å². The molecule has 64 heavy (non-hydrogen) atoms. The van der Waals surface area contributed by atoms with Gasteiger partial charge < -0.3 is 14.2 Å². The standard InChI is InChI=1S/C59H106O5/c1-4-7-10-13-16-19-22-24-26-28-30-31-33-35-38-40-43-46-49-52-58(60)63-56-57(64-59(61)53-50-47-44-41-37-21-18-15-12-9-6-3)55-62-54-51-48-45-42-39-36-34-32-29-27-25-23-20-17-14-11-8-5-2/h8,11,17,20,25,27,32,34,39,42,57H,4-7,9-10,12-16,18-19,21-24,26,28-31,33,35-38,40-41,43-56H2,1-3H3/b11-8-,20-17-,27-25-,34-32-,42-39-. The minimum atomic E-state index is -0.555. The topological polar surface area (TPSA) is 61.8 Å². The van der Waals surface area contributed by atoms with Crippen molar-refractivity contribution in [3.8, 4) is 0 Å². The molecule has 0 amide bonds. The Morgan fingerprint density at radius 1 is 0.359 bits per heavy atom. The molecule has 0 bridgehead atoms. The van der Waals surface area contributed by atoms with Gasteiger partial charge in [0, 0.05) is 19.4 Å². The van der Waals surface area contributed by atoms with E-state index >= 15 is 0 Å². The molecule has 5 heteroatoms. The van der Waals surface area contributed by atoms with Crippen LogP contribution in [0.2, 0.25) is 0 Å². The van der Waals surface area contributed by atoms with Gasteiger partial charge in [-0.25, -0.2) is 0 Å². The fourth-order valence-electron chi connectivity index (χ4n) is 7.95. The second-order valence-electron chi connectivity index (χ2n) is 18.5. The molecule has 0 saturated carbocycles. The lowest BCUT2D eigenvalue weighted by atomic mass is 10.0. The van der Waals surface area contributed by atoms with Crippen LogP contribution in [0.25, 0.3) is 0 Å². The molecule has 0 N–H and O–H groups in total. The molecule has 0 saturated heterocycles. The van der Waals surface area contributed by atoms with Crippen LogP contribution in [0.1, 0.15) is 278 Å². The third-order valence-corrected chi connectivity index (χ3v) is 12.1. The SMILES string of the molecule is CC/C=C\C/C=C\C/C=C\C/C=C\C/C=C\CCCCOCC(COC(=O)CCCCCCCCCCCCCCCCCCCCC)OC(=O)CCCCCCCCCCCCC. The average Bonchev–Trinajstić information content (AvgIpc) is 3.30. The van der Waals surface area contributed by atoms with E-state index in [2.05, 4.69) is 81.5 Å². The molecule has 0 heterocycles. The average molecular weight is 895 g/mol. The molecule has 0 rings (SSSR count). The lowest BCUT2D eigenvalue weighted by Gasteiger charge is -2.18. The van der Waals surface area contributed by atoms with Crippen LogP contribution in [0.15, 0.2) is 60.8 Å². The molecule has 0 aromatic heterocycles. The summed E-state index contributed by atoms with van der Waals surface area (Å²) in [5, 5.41) is 0. The number of carbonyl (C=O) groups excluding carboxylic acids is 2. The summed E-state index contributed by atoms with van der Waals surface area (Å²) in [5.74, 6) is -0.409. The Hall–Kier alpha value is -2.40. The maximum atomic E-state index is 12.8. The Balaban J connectivity index is 4.25. The molecule has 0 aliphatic carbocycles. The molecule has 0 aromatic carbocycles. The molecular weight excluding hydrogens is 789 g/mol. The van der Waals surface area contributed by atoms with E-state index in [1.165, 1.54) is 167 Å². The molecule has 0 aromatic rings. The highest BCUT2D eigenvalue weighted by molar-refractivity contribution is 5.70. The fourth-order valence-corrected chi connectivity index (χ4v) is 7.95. The van der Waals surface area contributed by atoms with Gasteiger partial charge in [-0.1, -0.05) is 261 Å². The summed E-state index contributed by atoms with van der Waals surface area (Å²) >= 11 is 0. The third kappa shape index (κ3) is 52.2. The van der Waals surface area contributed by atoms with Crippen molar-refractivity contribution in [1.82, 2.24) is 0 Å². The molecule has 0 spiro atoms. The Morgan fingerprint density at radius 3 is 1.09 bits per heavy atom. The highest BCUT2D eigenvalue weighted by Crippen LogP contribution is 2.16. The summed E-state index contributed by atoms with van der Waals surface area (Å²) in [7, 11) is 0. The number of hydrogen-bond donors (Lipinski definition) is 0. The second-order valence-corrected chi connectivity index (χ2v) is 18.5. The van der Waals surface area contributed by atoms with Gasteiger partial charge in [-0.2, -0.15) is 0 Å². The first-order valence-electron chi connectivity index (χ1n) is 27.8. The van der Waals surface area contributed by atoms with E-state index < -0.39 is 6.10 Å². The second kappa shape index (κ2) is 54.9. The molecule has 1 unspecified atom stereocenters. The van der Waals surface area contributed by atoms with E-state index in [1.807, 2.05) is 0 Å². The number of ether oxygens (including phenoxy) is 3. The van der Waals surface area contributed by atoms with Crippen LogP contribution in [0.5, 0.6) is 0 Å². The largest absolute Gasteiger partial charge is 0.462 e. The van der Waals surface area contributed by atoms with Gasteiger partial charge in [0.25, 0.3) is 0 Å². The maximum absolute atomic E-state index is 12.8. The first kappa shape index (κ1) is 61.6. The number of unbranched alkanes of at least 4 members (excludes halogenated alkanes) is 30. The van der Waals surface area contributed by atoms with Crippen LogP contribution in [0.4, 0.5) is 0 Å². The smallest absolute Gasteiger partial charge is 0.306 e. The van der Waals surface area contributed by atoms with E-state index in [1.54, 1.807) is 0 Å². The predicted molar refractivity (Wildman–Crippen MR) is 279 cm³/mol. The van der Waals surface area contributed by atoms with Crippen LogP contribution >= 0.6 is 0 Å². The molecule has 0 radical (unpaired) electrons.